The van der Waals surface area contributed by atoms with Crippen LogP contribution in [0.3, 0.4) is 0 Å². The molecule has 0 atom stereocenters. The van der Waals surface area contributed by atoms with E-state index in [1.807, 2.05) is 18.2 Å². The van der Waals surface area contributed by atoms with Gasteiger partial charge in [0, 0.05) is 38.4 Å². The summed E-state index contributed by atoms with van der Waals surface area (Å²) in [4.78, 5) is 19.7. The lowest BCUT2D eigenvalue weighted by Crippen LogP contribution is -2.51. The Labute approximate surface area is 137 Å². The Morgan fingerprint density at radius 2 is 2.00 bits per heavy atom. The molecule has 0 aromatic carbocycles. The summed E-state index contributed by atoms with van der Waals surface area (Å²) in [6.45, 7) is 2.75. The molecule has 2 heterocycles. The van der Waals surface area contributed by atoms with Crippen molar-refractivity contribution in [1.29, 1.82) is 0 Å². The van der Waals surface area contributed by atoms with Gasteiger partial charge in [-0.3, -0.25) is 0 Å². The zero-order chi connectivity index (χ0) is 13.7. The number of urea groups is 1. The van der Waals surface area contributed by atoms with Crippen molar-refractivity contribution < 1.29 is 4.79 Å². The van der Waals surface area contributed by atoms with Crippen molar-refractivity contribution in [3.05, 3.63) is 24.4 Å². The normalized spacial score (nSPS) is 14.8. The fourth-order valence-electron chi connectivity index (χ4n) is 2.56. The van der Waals surface area contributed by atoms with Gasteiger partial charge in [0.25, 0.3) is 0 Å². The van der Waals surface area contributed by atoms with Crippen LogP contribution in [-0.4, -0.2) is 48.1 Å². The average molecular weight is 336 g/mol. The van der Waals surface area contributed by atoms with Gasteiger partial charge in [-0.2, -0.15) is 0 Å². The number of nitrogens with zero attached hydrogens (tertiary/aromatic N) is 3. The van der Waals surface area contributed by atoms with E-state index in [0.29, 0.717) is 13.1 Å². The van der Waals surface area contributed by atoms with E-state index in [1.54, 1.807) is 11.1 Å². The topological polar surface area (TPSA) is 88.5 Å². The van der Waals surface area contributed by atoms with Gasteiger partial charge in [0.15, 0.2) is 0 Å². The molecule has 0 aliphatic carbocycles. The molecule has 8 heteroatoms. The second-order valence-electron chi connectivity index (χ2n) is 4.73. The number of amides is 2. The number of aromatic nitrogens is 1. The third-order valence-electron chi connectivity index (χ3n) is 3.53. The van der Waals surface area contributed by atoms with Crippen molar-refractivity contribution in [2.75, 3.05) is 31.1 Å². The van der Waals surface area contributed by atoms with Crippen LogP contribution in [0.1, 0.15) is 12.8 Å². The lowest BCUT2D eigenvalue weighted by atomic mass is 10.0. The average Bonchev–Trinajstić information content (AvgIpc) is 2.46. The van der Waals surface area contributed by atoms with Crippen LogP contribution < -0.4 is 16.4 Å². The first-order valence-corrected chi connectivity index (χ1v) is 6.64. The number of anilines is 1. The molecule has 120 valence electrons. The molecule has 1 fully saturated rings. The van der Waals surface area contributed by atoms with Gasteiger partial charge in [-0.05, 0) is 25.0 Å². The fourth-order valence-corrected chi connectivity index (χ4v) is 2.56. The largest absolute Gasteiger partial charge is 0.356 e. The first-order chi connectivity index (χ1) is 9.22. The number of halogens is 2. The monoisotopic (exact) mass is 335 g/mol. The molecule has 1 aromatic heterocycles. The Kier molecular flexibility index (Phi) is 9.08. The quantitative estimate of drug-likeness (QED) is 0.866. The standard InChI is InChI=1S/C13H21N5O.2ClH/c14-6-10-18(13(15)19)11-4-8-17(9-5-11)12-3-1-2-7-16-12;;/h1-3,7,11H,4-6,8-10,14H2,(H2,15,19);2*1H. The van der Waals surface area contributed by atoms with E-state index in [2.05, 4.69) is 9.88 Å². The number of carbonyl (C=O) groups is 1. The molecule has 1 aromatic rings. The summed E-state index contributed by atoms with van der Waals surface area (Å²) in [5, 5.41) is 0. The molecule has 0 spiro atoms. The van der Waals surface area contributed by atoms with Gasteiger partial charge in [0.05, 0.1) is 0 Å². The number of pyridine rings is 1. The van der Waals surface area contributed by atoms with Crippen molar-refractivity contribution in [2.24, 2.45) is 11.5 Å². The summed E-state index contributed by atoms with van der Waals surface area (Å²) in [7, 11) is 0. The summed E-state index contributed by atoms with van der Waals surface area (Å²) < 4.78 is 0. The number of rotatable bonds is 4. The molecule has 6 nitrogen and oxygen atoms in total. The highest BCUT2D eigenvalue weighted by atomic mass is 35.5. The van der Waals surface area contributed by atoms with Gasteiger partial charge in [-0.15, -0.1) is 24.8 Å². The first-order valence-electron chi connectivity index (χ1n) is 6.64. The second-order valence-corrected chi connectivity index (χ2v) is 4.73. The predicted octanol–water partition coefficient (Wildman–Crippen LogP) is 1.23. The van der Waals surface area contributed by atoms with E-state index < -0.39 is 0 Å². The number of primary amides is 1. The Bertz CT molecular complexity index is 412. The molecule has 0 saturated carbocycles. The van der Waals surface area contributed by atoms with Crippen molar-refractivity contribution in [1.82, 2.24) is 9.88 Å². The van der Waals surface area contributed by atoms with Crippen LogP contribution in [0, 0.1) is 0 Å². The van der Waals surface area contributed by atoms with Crippen LogP contribution in [0.5, 0.6) is 0 Å². The number of hydrogen-bond donors (Lipinski definition) is 2. The summed E-state index contributed by atoms with van der Waals surface area (Å²) in [5.74, 6) is 0.991. The molecule has 21 heavy (non-hydrogen) atoms. The van der Waals surface area contributed by atoms with E-state index in [0.717, 1.165) is 31.7 Å². The Balaban J connectivity index is 0.00000200. The van der Waals surface area contributed by atoms with Gasteiger partial charge in [0.2, 0.25) is 0 Å². The maximum absolute atomic E-state index is 11.4. The molecule has 2 amide bonds. The Morgan fingerprint density at radius 1 is 1.33 bits per heavy atom. The highest BCUT2D eigenvalue weighted by Crippen LogP contribution is 2.20. The lowest BCUT2D eigenvalue weighted by molar-refractivity contribution is 0.173. The van der Waals surface area contributed by atoms with E-state index in [4.69, 9.17) is 11.5 Å². The van der Waals surface area contributed by atoms with Gasteiger partial charge >= 0.3 is 6.03 Å². The SMILES string of the molecule is Cl.Cl.NCCN(C(N)=O)C1CCN(c2ccccn2)CC1. The highest BCUT2D eigenvalue weighted by Gasteiger charge is 2.26. The molecule has 0 unspecified atom stereocenters. The summed E-state index contributed by atoms with van der Waals surface area (Å²) in [6, 6.07) is 5.72. The van der Waals surface area contributed by atoms with Gasteiger partial charge < -0.3 is 21.3 Å². The van der Waals surface area contributed by atoms with Crippen molar-refractivity contribution >= 4 is 36.7 Å². The van der Waals surface area contributed by atoms with E-state index in [9.17, 15) is 4.79 Å². The molecular formula is C13H23Cl2N5O. The van der Waals surface area contributed by atoms with Crippen LogP contribution in [-0.2, 0) is 0 Å². The minimum absolute atomic E-state index is 0. The molecule has 0 radical (unpaired) electrons. The molecule has 0 bridgehead atoms. The fraction of sp³-hybridized carbons (Fsp3) is 0.538. The van der Waals surface area contributed by atoms with Crippen molar-refractivity contribution in [3.63, 3.8) is 0 Å². The zero-order valence-corrected chi connectivity index (χ0v) is 13.5. The van der Waals surface area contributed by atoms with E-state index >= 15 is 0 Å². The maximum Gasteiger partial charge on any atom is 0.315 e. The highest BCUT2D eigenvalue weighted by molar-refractivity contribution is 5.85. The minimum atomic E-state index is -0.373. The molecule has 1 saturated heterocycles. The first kappa shape index (κ1) is 19.8. The van der Waals surface area contributed by atoms with E-state index in [1.165, 1.54) is 0 Å². The summed E-state index contributed by atoms with van der Waals surface area (Å²) >= 11 is 0. The van der Waals surface area contributed by atoms with Crippen molar-refractivity contribution in [2.45, 2.75) is 18.9 Å². The number of hydrogen-bond acceptors (Lipinski definition) is 4. The lowest BCUT2D eigenvalue weighted by Gasteiger charge is -2.38. The molecular weight excluding hydrogens is 313 g/mol. The van der Waals surface area contributed by atoms with Crippen LogP contribution >= 0.6 is 24.8 Å². The number of piperidine rings is 1. The molecule has 1 aliphatic heterocycles. The van der Waals surface area contributed by atoms with Crippen LogP contribution in [0.4, 0.5) is 10.6 Å². The summed E-state index contributed by atoms with van der Waals surface area (Å²) in [5.41, 5.74) is 10.9. The minimum Gasteiger partial charge on any atom is -0.356 e. The predicted molar refractivity (Wildman–Crippen MR) is 89.3 cm³/mol. The third-order valence-corrected chi connectivity index (χ3v) is 3.53. The second kappa shape index (κ2) is 9.65. The van der Waals surface area contributed by atoms with Gasteiger partial charge in [-0.1, -0.05) is 6.07 Å². The van der Waals surface area contributed by atoms with Crippen LogP contribution in [0.15, 0.2) is 24.4 Å². The Morgan fingerprint density at radius 3 is 2.48 bits per heavy atom. The van der Waals surface area contributed by atoms with Crippen LogP contribution in [0.25, 0.3) is 0 Å². The van der Waals surface area contributed by atoms with Gasteiger partial charge in [-0.25, -0.2) is 9.78 Å². The van der Waals surface area contributed by atoms with Crippen molar-refractivity contribution in [3.8, 4) is 0 Å². The maximum atomic E-state index is 11.4. The Hall–Kier alpha value is -1.24. The summed E-state index contributed by atoms with van der Waals surface area (Å²) in [6.07, 6.45) is 3.60. The number of nitrogens with two attached hydrogens (primary N) is 2. The molecule has 1 aliphatic rings. The molecule has 4 N–H and O–H groups in total. The smallest absolute Gasteiger partial charge is 0.315 e. The zero-order valence-electron chi connectivity index (χ0n) is 11.9. The van der Waals surface area contributed by atoms with E-state index in [-0.39, 0.29) is 36.9 Å². The third kappa shape index (κ3) is 5.22. The van der Waals surface area contributed by atoms with Gasteiger partial charge in [0.1, 0.15) is 5.82 Å². The van der Waals surface area contributed by atoms with Crippen LogP contribution in [0.2, 0.25) is 0 Å². The molecule has 2 rings (SSSR count). The number of carbonyl (C=O) groups excluding carboxylic acids is 1.